The minimum absolute atomic E-state index is 0.125. The molecule has 2 radical (unpaired) electrons. The summed E-state index contributed by atoms with van der Waals surface area (Å²) in [7, 11) is -0.309. The van der Waals surface area contributed by atoms with Crippen LogP contribution in [0.2, 0.25) is 6.04 Å². The van der Waals surface area contributed by atoms with Gasteiger partial charge in [-0.15, -0.1) is 0 Å². The normalized spacial score (nSPS) is 13.6. The maximum absolute atomic E-state index is 11.5. The molecule has 0 bridgehead atoms. The van der Waals surface area contributed by atoms with Crippen molar-refractivity contribution in [2.45, 2.75) is 22.1 Å². The Morgan fingerprint density at radius 1 is 1.09 bits per heavy atom. The van der Waals surface area contributed by atoms with Crippen LogP contribution in [0.3, 0.4) is 0 Å². The van der Waals surface area contributed by atoms with E-state index in [1.165, 1.54) is 0 Å². The largest absolute Gasteiger partial charge is 0.388 e. The molecule has 0 aromatic carbocycles. The lowest BCUT2D eigenvalue weighted by Gasteiger charge is -2.09. The van der Waals surface area contributed by atoms with Crippen LogP contribution in [0.5, 0.6) is 0 Å². The maximum Gasteiger partial charge on any atom is 0.388 e. The Bertz CT molecular complexity index is 105. The summed E-state index contributed by atoms with van der Waals surface area (Å²) in [6, 6.07) is -0.125. The first kappa shape index (κ1) is 11.9. The highest BCUT2D eigenvalue weighted by Gasteiger charge is 2.29. The quantitative estimate of drug-likeness (QED) is 0.515. The van der Waals surface area contributed by atoms with Gasteiger partial charge in [0.1, 0.15) is 9.52 Å². The van der Waals surface area contributed by atoms with Gasteiger partial charge in [-0.05, 0) is 6.04 Å². The highest BCUT2D eigenvalue weighted by atomic mass is 35.6. The fourth-order valence-corrected chi connectivity index (χ4v) is 1.89. The summed E-state index contributed by atoms with van der Waals surface area (Å²) in [5, 5.41) is 0. The van der Waals surface area contributed by atoms with E-state index in [4.69, 9.17) is 34.8 Å². The highest BCUT2D eigenvalue weighted by molar-refractivity contribution is 6.87. The molecule has 0 fully saturated rings. The number of hydrogen-bond acceptors (Lipinski definition) is 0. The zero-order valence-electron chi connectivity index (χ0n) is 5.18. The van der Waals surface area contributed by atoms with Gasteiger partial charge in [0, 0.05) is 6.42 Å². The molecule has 0 unspecified atom stereocenters. The van der Waals surface area contributed by atoms with Gasteiger partial charge in [-0.1, -0.05) is 34.8 Å². The van der Waals surface area contributed by atoms with E-state index in [1.54, 1.807) is 0 Å². The molecule has 7 heteroatoms. The van der Waals surface area contributed by atoms with Gasteiger partial charge in [-0.25, -0.2) is 0 Å². The van der Waals surface area contributed by atoms with Gasteiger partial charge in [0.15, 0.2) is 3.42 Å². The topological polar surface area (TPSA) is 0 Å². The lowest BCUT2D eigenvalue weighted by Crippen LogP contribution is -2.17. The number of hydrogen-bond donors (Lipinski definition) is 0. The molecule has 0 aromatic heterocycles. The summed E-state index contributed by atoms with van der Waals surface area (Å²) in [5.74, 6) is 0. The van der Waals surface area contributed by atoms with E-state index >= 15 is 0 Å². The second-order valence-corrected chi connectivity index (χ2v) is 6.63. The zero-order chi connectivity index (χ0) is 9.12. The molecular weight excluding hydrogens is 239 g/mol. The Morgan fingerprint density at radius 2 is 1.55 bits per heavy atom. The molecule has 0 aromatic rings. The summed E-state index contributed by atoms with van der Waals surface area (Å²) in [6.45, 7) is 0. The van der Waals surface area contributed by atoms with Crippen molar-refractivity contribution >= 4 is 44.3 Å². The molecule has 0 saturated heterocycles. The molecule has 0 saturated carbocycles. The molecule has 0 spiro atoms. The number of rotatable bonds is 2. The van der Waals surface area contributed by atoms with Crippen molar-refractivity contribution in [3.05, 3.63) is 0 Å². The predicted octanol–water partition coefficient (Wildman–Crippen LogP) is 3.39. The molecule has 0 aliphatic heterocycles. The van der Waals surface area contributed by atoms with Gasteiger partial charge < -0.3 is 0 Å². The van der Waals surface area contributed by atoms with Crippen molar-refractivity contribution in [2.75, 3.05) is 0 Å². The van der Waals surface area contributed by atoms with Crippen LogP contribution in [0.1, 0.15) is 6.42 Å². The third-order valence-corrected chi connectivity index (χ3v) is 2.84. The van der Waals surface area contributed by atoms with E-state index in [-0.39, 0.29) is 15.6 Å². The Kier molecular flexibility index (Phi) is 4.54. The SMILES string of the molecule is FC(F)(F)CC[Si]C(Cl)(Cl)Cl. The molecule has 66 valence electrons. The molecule has 0 aliphatic carbocycles. The first-order chi connectivity index (χ1) is 4.71. The van der Waals surface area contributed by atoms with Crippen LogP contribution >= 0.6 is 34.8 Å². The monoisotopic (exact) mass is 242 g/mol. The van der Waals surface area contributed by atoms with Crippen molar-refractivity contribution in [3.8, 4) is 0 Å². The van der Waals surface area contributed by atoms with Gasteiger partial charge >= 0.3 is 6.18 Å². The fraction of sp³-hybridized carbons (Fsp3) is 1.00. The summed E-state index contributed by atoms with van der Waals surface area (Å²) < 4.78 is 33.0. The van der Waals surface area contributed by atoms with E-state index in [0.29, 0.717) is 0 Å². The Morgan fingerprint density at radius 3 is 1.82 bits per heavy atom. The molecule has 0 nitrogen and oxygen atoms in total. The fourth-order valence-electron chi connectivity index (χ4n) is 0.346. The lowest BCUT2D eigenvalue weighted by molar-refractivity contribution is -0.130. The van der Waals surface area contributed by atoms with Crippen LogP contribution in [0.25, 0.3) is 0 Å². The van der Waals surface area contributed by atoms with Crippen molar-refractivity contribution in [2.24, 2.45) is 0 Å². The van der Waals surface area contributed by atoms with E-state index in [9.17, 15) is 13.2 Å². The second kappa shape index (κ2) is 4.21. The standard InChI is InChI=1S/C4H4Cl3F3Si/c5-4(6,7)11-2-1-3(8,9)10/h1-2H2. The zero-order valence-corrected chi connectivity index (χ0v) is 8.45. The first-order valence-electron chi connectivity index (χ1n) is 2.59. The average Bonchev–Trinajstić information content (AvgIpc) is 1.55. The average molecular weight is 244 g/mol. The van der Waals surface area contributed by atoms with Gasteiger partial charge in [0.05, 0.1) is 0 Å². The van der Waals surface area contributed by atoms with E-state index in [1.807, 2.05) is 0 Å². The van der Waals surface area contributed by atoms with E-state index in [2.05, 4.69) is 0 Å². The molecule has 0 rings (SSSR count). The molecular formula is C4H4Cl3F3Si. The van der Waals surface area contributed by atoms with Crippen LogP contribution in [-0.4, -0.2) is 19.1 Å². The van der Waals surface area contributed by atoms with Gasteiger partial charge in [-0.3, -0.25) is 0 Å². The van der Waals surface area contributed by atoms with Crippen molar-refractivity contribution in [3.63, 3.8) is 0 Å². The minimum Gasteiger partial charge on any atom is -0.171 e. The molecule has 0 heterocycles. The predicted molar refractivity (Wildman–Crippen MR) is 41.5 cm³/mol. The number of halogens is 6. The van der Waals surface area contributed by atoms with Gasteiger partial charge in [0.2, 0.25) is 0 Å². The summed E-state index contributed by atoms with van der Waals surface area (Å²) in [4.78, 5) is 0. The Balaban J connectivity index is 3.44. The molecule has 0 amide bonds. The van der Waals surface area contributed by atoms with E-state index < -0.39 is 16.0 Å². The first-order valence-corrected chi connectivity index (χ1v) is 4.93. The summed E-state index contributed by atoms with van der Waals surface area (Å²) in [6.07, 6.45) is -5.04. The third kappa shape index (κ3) is 10.9. The molecule has 0 atom stereocenters. The van der Waals surface area contributed by atoms with Crippen molar-refractivity contribution < 1.29 is 13.2 Å². The van der Waals surface area contributed by atoms with Crippen molar-refractivity contribution in [1.29, 1.82) is 0 Å². The second-order valence-electron chi connectivity index (χ2n) is 1.79. The summed E-state index contributed by atoms with van der Waals surface area (Å²) in [5.41, 5.74) is 0. The lowest BCUT2D eigenvalue weighted by atomic mass is 10.5. The van der Waals surface area contributed by atoms with Crippen LogP contribution in [0.15, 0.2) is 0 Å². The van der Waals surface area contributed by atoms with E-state index in [0.717, 1.165) is 0 Å². The van der Waals surface area contributed by atoms with Gasteiger partial charge in [-0.2, -0.15) is 13.2 Å². The number of alkyl halides is 6. The van der Waals surface area contributed by atoms with Crippen LogP contribution < -0.4 is 0 Å². The van der Waals surface area contributed by atoms with Crippen molar-refractivity contribution in [1.82, 2.24) is 0 Å². The molecule has 11 heavy (non-hydrogen) atoms. The minimum atomic E-state index is -4.15. The highest BCUT2D eigenvalue weighted by Crippen LogP contribution is 2.28. The van der Waals surface area contributed by atoms with Crippen LogP contribution in [0, 0.1) is 0 Å². The maximum atomic E-state index is 11.5. The molecule has 0 N–H and O–H groups in total. The van der Waals surface area contributed by atoms with Gasteiger partial charge in [0.25, 0.3) is 0 Å². The third-order valence-electron chi connectivity index (χ3n) is 0.734. The van der Waals surface area contributed by atoms with Crippen LogP contribution in [0.4, 0.5) is 13.2 Å². The van der Waals surface area contributed by atoms with Crippen LogP contribution in [-0.2, 0) is 0 Å². The summed E-state index contributed by atoms with van der Waals surface area (Å²) >= 11 is 15.7. The molecule has 0 aliphatic rings. The Labute approximate surface area is 79.8 Å². The smallest absolute Gasteiger partial charge is 0.171 e. The Hall–Kier alpha value is 0.877.